The summed E-state index contributed by atoms with van der Waals surface area (Å²) in [6.45, 7) is 0. The first kappa shape index (κ1) is 19.2. The third-order valence-electron chi connectivity index (χ3n) is 3.59. The lowest BCUT2D eigenvalue weighted by Crippen LogP contribution is -2.16. The highest BCUT2D eigenvalue weighted by Crippen LogP contribution is 2.29. The maximum absolute atomic E-state index is 12.3. The quantitative estimate of drug-likeness (QED) is 0.627. The number of ether oxygens (including phenoxy) is 2. The predicted molar refractivity (Wildman–Crippen MR) is 104 cm³/mol. The van der Waals surface area contributed by atoms with Gasteiger partial charge in [0.15, 0.2) is 5.13 Å². The molecule has 9 nitrogen and oxygen atoms in total. The van der Waals surface area contributed by atoms with Crippen molar-refractivity contribution in [1.82, 2.24) is 15.0 Å². The van der Waals surface area contributed by atoms with Gasteiger partial charge in [-0.3, -0.25) is 19.9 Å². The second-order valence-electron chi connectivity index (χ2n) is 5.48. The fourth-order valence-electron chi connectivity index (χ4n) is 2.28. The van der Waals surface area contributed by atoms with Crippen molar-refractivity contribution in [2.75, 3.05) is 24.9 Å². The molecule has 1 aromatic carbocycles. The maximum atomic E-state index is 12.3. The molecule has 28 heavy (non-hydrogen) atoms. The van der Waals surface area contributed by atoms with E-state index in [1.165, 1.54) is 37.0 Å². The lowest BCUT2D eigenvalue weighted by atomic mass is 10.2. The van der Waals surface area contributed by atoms with Gasteiger partial charge in [-0.25, -0.2) is 9.97 Å². The fourth-order valence-corrected chi connectivity index (χ4v) is 2.99. The van der Waals surface area contributed by atoms with Crippen molar-refractivity contribution < 1.29 is 19.1 Å². The standard InChI is InChI=1S/C18H17N5O4S/c1-26-12-3-4-13(15(8-12)27-2)22-16(24)7-11-10-28-18(21-11)23-17(25)14-9-19-5-6-20-14/h3-6,8-10H,7H2,1-2H3,(H,22,24)(H,21,23,25). The number of thiazole rings is 1. The number of benzene rings is 1. The van der Waals surface area contributed by atoms with Gasteiger partial charge in [-0.2, -0.15) is 0 Å². The van der Waals surface area contributed by atoms with Gasteiger partial charge in [0.25, 0.3) is 5.91 Å². The molecule has 0 aliphatic carbocycles. The minimum atomic E-state index is -0.415. The Hall–Kier alpha value is -3.53. The van der Waals surface area contributed by atoms with Gasteiger partial charge in [0, 0.05) is 23.8 Å². The molecule has 3 aromatic rings. The second kappa shape index (κ2) is 8.91. The van der Waals surface area contributed by atoms with Crippen LogP contribution in [0.4, 0.5) is 10.8 Å². The van der Waals surface area contributed by atoms with E-state index in [4.69, 9.17) is 9.47 Å². The van der Waals surface area contributed by atoms with Gasteiger partial charge in [0.2, 0.25) is 5.91 Å². The van der Waals surface area contributed by atoms with Crippen LogP contribution in [0.25, 0.3) is 0 Å². The molecule has 0 saturated carbocycles. The number of hydrogen-bond donors (Lipinski definition) is 2. The van der Waals surface area contributed by atoms with Gasteiger partial charge >= 0.3 is 0 Å². The van der Waals surface area contributed by atoms with Gasteiger partial charge in [-0.05, 0) is 12.1 Å². The molecule has 0 aliphatic rings. The van der Waals surface area contributed by atoms with Crippen molar-refractivity contribution in [3.8, 4) is 11.5 Å². The summed E-state index contributed by atoms with van der Waals surface area (Å²) in [5.74, 6) is 0.433. The monoisotopic (exact) mass is 399 g/mol. The molecular weight excluding hydrogens is 382 g/mol. The van der Waals surface area contributed by atoms with Crippen LogP contribution in [0.5, 0.6) is 11.5 Å². The van der Waals surface area contributed by atoms with Gasteiger partial charge in [-0.15, -0.1) is 11.3 Å². The first-order chi connectivity index (χ1) is 13.6. The van der Waals surface area contributed by atoms with E-state index < -0.39 is 5.91 Å². The summed E-state index contributed by atoms with van der Waals surface area (Å²) < 4.78 is 10.4. The summed E-state index contributed by atoms with van der Waals surface area (Å²) in [7, 11) is 3.06. The highest BCUT2D eigenvalue weighted by molar-refractivity contribution is 7.14. The predicted octanol–water partition coefficient (Wildman–Crippen LogP) is 2.38. The Bertz CT molecular complexity index is 977. The number of amides is 2. The van der Waals surface area contributed by atoms with E-state index in [1.54, 1.807) is 30.7 Å². The molecule has 0 radical (unpaired) electrons. The second-order valence-corrected chi connectivity index (χ2v) is 6.34. The Kier molecular flexibility index (Phi) is 6.12. The largest absolute Gasteiger partial charge is 0.497 e. The molecule has 144 valence electrons. The third kappa shape index (κ3) is 4.80. The van der Waals surface area contributed by atoms with Gasteiger partial charge in [0.1, 0.15) is 17.2 Å². The smallest absolute Gasteiger partial charge is 0.277 e. The summed E-state index contributed by atoms with van der Waals surface area (Å²) >= 11 is 1.22. The van der Waals surface area contributed by atoms with Gasteiger partial charge < -0.3 is 14.8 Å². The first-order valence-corrected chi connectivity index (χ1v) is 9.00. The first-order valence-electron chi connectivity index (χ1n) is 8.12. The molecule has 0 unspecified atom stereocenters. The van der Waals surface area contributed by atoms with Crippen molar-refractivity contribution in [3.05, 3.63) is 53.6 Å². The molecule has 0 bridgehead atoms. The van der Waals surface area contributed by atoms with Crippen LogP contribution in [0.1, 0.15) is 16.2 Å². The number of hydrogen-bond acceptors (Lipinski definition) is 8. The van der Waals surface area contributed by atoms with E-state index in [-0.39, 0.29) is 18.0 Å². The molecule has 2 heterocycles. The van der Waals surface area contributed by atoms with Crippen molar-refractivity contribution in [2.45, 2.75) is 6.42 Å². The van der Waals surface area contributed by atoms with Crippen molar-refractivity contribution in [2.24, 2.45) is 0 Å². The number of aromatic nitrogens is 3. The van der Waals surface area contributed by atoms with E-state index in [0.717, 1.165) is 0 Å². The number of nitrogens with one attached hydrogen (secondary N) is 2. The molecule has 2 aromatic heterocycles. The van der Waals surface area contributed by atoms with Crippen LogP contribution in [-0.2, 0) is 11.2 Å². The van der Waals surface area contributed by atoms with Crippen LogP contribution in [-0.4, -0.2) is 41.0 Å². The zero-order chi connectivity index (χ0) is 19.9. The van der Waals surface area contributed by atoms with Crippen LogP contribution >= 0.6 is 11.3 Å². The zero-order valence-corrected chi connectivity index (χ0v) is 15.9. The number of carbonyl (C=O) groups is 2. The average Bonchev–Trinajstić information content (AvgIpc) is 3.15. The summed E-state index contributed by atoms with van der Waals surface area (Å²) in [6.07, 6.45) is 4.32. The lowest BCUT2D eigenvalue weighted by Gasteiger charge is -2.11. The van der Waals surface area contributed by atoms with Crippen molar-refractivity contribution in [3.63, 3.8) is 0 Å². The van der Waals surface area contributed by atoms with Gasteiger partial charge in [0.05, 0.1) is 38.2 Å². The third-order valence-corrected chi connectivity index (χ3v) is 4.40. The molecule has 0 fully saturated rings. The summed E-state index contributed by atoms with van der Waals surface area (Å²) in [6, 6.07) is 5.10. The summed E-state index contributed by atoms with van der Waals surface area (Å²) in [5, 5.41) is 7.49. The Morgan fingerprint density at radius 1 is 1.14 bits per heavy atom. The topological polar surface area (TPSA) is 115 Å². The molecule has 0 aliphatic heterocycles. The molecular formula is C18H17N5O4S. The zero-order valence-electron chi connectivity index (χ0n) is 15.1. The highest BCUT2D eigenvalue weighted by Gasteiger charge is 2.14. The molecule has 0 atom stereocenters. The molecule has 0 spiro atoms. The van der Waals surface area contributed by atoms with Gasteiger partial charge in [-0.1, -0.05) is 0 Å². The van der Waals surface area contributed by atoms with E-state index in [0.29, 0.717) is 28.0 Å². The summed E-state index contributed by atoms with van der Waals surface area (Å²) in [5.41, 5.74) is 1.24. The van der Waals surface area contributed by atoms with Crippen molar-refractivity contribution >= 4 is 34.0 Å². The van der Waals surface area contributed by atoms with Crippen LogP contribution in [0.15, 0.2) is 42.2 Å². The summed E-state index contributed by atoms with van der Waals surface area (Å²) in [4.78, 5) is 36.4. The average molecular weight is 399 g/mol. The molecule has 3 rings (SSSR count). The fraction of sp³-hybridized carbons (Fsp3) is 0.167. The Morgan fingerprint density at radius 3 is 2.71 bits per heavy atom. The van der Waals surface area contributed by atoms with Crippen molar-refractivity contribution in [1.29, 1.82) is 0 Å². The number of anilines is 2. The highest BCUT2D eigenvalue weighted by atomic mass is 32.1. The molecule has 0 saturated heterocycles. The Morgan fingerprint density at radius 2 is 2.00 bits per heavy atom. The molecule has 10 heteroatoms. The number of nitrogens with zero attached hydrogens (tertiary/aromatic N) is 3. The van der Waals surface area contributed by atoms with E-state index in [9.17, 15) is 9.59 Å². The Labute approximate surface area is 164 Å². The Balaban J connectivity index is 1.60. The van der Waals surface area contributed by atoms with E-state index in [1.807, 2.05) is 0 Å². The number of methoxy groups -OCH3 is 2. The number of rotatable bonds is 7. The van der Waals surface area contributed by atoms with Crippen LogP contribution in [0, 0.1) is 0 Å². The van der Waals surface area contributed by atoms with E-state index in [2.05, 4.69) is 25.6 Å². The molecule has 2 amide bonds. The SMILES string of the molecule is COc1ccc(NC(=O)Cc2csc(NC(=O)c3cnccn3)n2)c(OC)c1. The van der Waals surface area contributed by atoms with E-state index >= 15 is 0 Å². The van der Waals surface area contributed by atoms with Crippen LogP contribution in [0.3, 0.4) is 0 Å². The normalized spacial score (nSPS) is 10.2. The maximum Gasteiger partial charge on any atom is 0.277 e. The minimum absolute atomic E-state index is 0.0483. The van der Waals surface area contributed by atoms with Crippen LogP contribution < -0.4 is 20.1 Å². The molecule has 2 N–H and O–H groups in total. The van der Waals surface area contributed by atoms with Crippen LogP contribution in [0.2, 0.25) is 0 Å². The lowest BCUT2D eigenvalue weighted by molar-refractivity contribution is -0.115. The minimum Gasteiger partial charge on any atom is -0.497 e. The number of carbonyl (C=O) groups excluding carboxylic acids is 2.